The minimum atomic E-state index is -0.954. The zero-order valence-electron chi connectivity index (χ0n) is 21.7. The maximum atomic E-state index is 10.8. The number of unbranched alkanes of at least 4 members (excludes halogenated alkanes) is 1. The number of aryl methyl sites for hydroxylation is 1. The average molecular weight is 505 g/mol. The lowest BCUT2D eigenvalue weighted by Gasteiger charge is -2.33. The molecule has 2 atom stereocenters. The van der Waals surface area contributed by atoms with Gasteiger partial charge >= 0.3 is 11.9 Å². The third kappa shape index (κ3) is 8.48. The predicted molar refractivity (Wildman–Crippen MR) is 147 cm³/mol. The van der Waals surface area contributed by atoms with Gasteiger partial charge in [-0.05, 0) is 103 Å². The number of ether oxygens (including phenoxy) is 1. The Balaban J connectivity index is 1.46. The zero-order valence-corrected chi connectivity index (χ0v) is 21.7. The van der Waals surface area contributed by atoms with E-state index in [0.717, 1.165) is 59.1 Å². The number of fused-ring (bicyclic) bond motifs is 2. The second kappa shape index (κ2) is 13.5. The van der Waals surface area contributed by atoms with Gasteiger partial charge in [0.05, 0.1) is 6.61 Å². The smallest absolute Gasteiger partial charge is 0.328 e. The monoisotopic (exact) mass is 504 g/mol. The largest absolute Gasteiger partial charge is 0.493 e. The van der Waals surface area contributed by atoms with Gasteiger partial charge in [0.2, 0.25) is 0 Å². The first-order valence-corrected chi connectivity index (χ1v) is 13.9. The molecule has 0 aromatic heterocycles. The molecule has 2 unspecified atom stereocenters. The molecule has 2 fully saturated rings. The van der Waals surface area contributed by atoms with Gasteiger partial charge in [0, 0.05) is 12.5 Å². The van der Waals surface area contributed by atoms with E-state index >= 15 is 0 Å². The summed E-state index contributed by atoms with van der Waals surface area (Å²) in [5.74, 6) is 1.81. The first-order chi connectivity index (χ1) is 18.0. The van der Waals surface area contributed by atoms with Crippen molar-refractivity contribution in [3.8, 4) is 16.9 Å². The number of carboxylic acid groups (broad SMARTS) is 2. The lowest BCUT2D eigenvalue weighted by Crippen LogP contribution is -2.21. The molecule has 4 rings (SSSR count). The fourth-order valence-electron chi connectivity index (χ4n) is 6.25. The molecule has 0 amide bonds. The molecular weight excluding hydrogens is 464 g/mol. The summed E-state index contributed by atoms with van der Waals surface area (Å²) in [4.78, 5) is 21.6. The minimum absolute atomic E-state index is 0.177. The Bertz CT molecular complexity index is 1060. The van der Waals surface area contributed by atoms with Crippen molar-refractivity contribution in [2.24, 2.45) is 17.8 Å². The Morgan fingerprint density at radius 1 is 0.892 bits per heavy atom. The molecule has 2 aliphatic carbocycles. The molecule has 198 valence electrons. The standard InChI is InChI=1S/C32H40O5/c33-31(34)7-3-4-18-37-30-16-15-28(27-12-8-23(9-13-27)11-17-32(35)36)22-29(30)14-10-26-20-24-5-1-2-6-25(19-24)21-26/h8-9,11-13,15-17,22,24-26H,1-7,10,14,18-21H2,(H,33,34)(H,35,36)/b17-11+. The third-order valence-electron chi connectivity index (χ3n) is 8.06. The molecule has 2 aromatic rings. The minimum Gasteiger partial charge on any atom is -0.493 e. The maximum Gasteiger partial charge on any atom is 0.328 e. The van der Waals surface area contributed by atoms with E-state index in [4.69, 9.17) is 14.9 Å². The highest BCUT2D eigenvalue weighted by molar-refractivity contribution is 5.85. The van der Waals surface area contributed by atoms with Crippen molar-refractivity contribution in [2.75, 3.05) is 6.61 Å². The van der Waals surface area contributed by atoms with Crippen molar-refractivity contribution in [1.29, 1.82) is 0 Å². The van der Waals surface area contributed by atoms with E-state index in [9.17, 15) is 9.59 Å². The average Bonchev–Trinajstić information content (AvgIpc) is 3.06. The Morgan fingerprint density at radius 2 is 1.59 bits per heavy atom. The summed E-state index contributed by atoms with van der Waals surface area (Å²) in [6, 6.07) is 14.3. The van der Waals surface area contributed by atoms with Crippen LogP contribution in [0.25, 0.3) is 17.2 Å². The molecule has 2 N–H and O–H groups in total. The summed E-state index contributed by atoms with van der Waals surface area (Å²) < 4.78 is 6.16. The normalized spacial score (nSPS) is 21.5. The fraction of sp³-hybridized carbons (Fsp3) is 0.500. The van der Waals surface area contributed by atoms with Gasteiger partial charge in [0.15, 0.2) is 0 Å². The van der Waals surface area contributed by atoms with Crippen LogP contribution in [0.4, 0.5) is 0 Å². The number of rotatable bonds is 12. The van der Waals surface area contributed by atoms with Crippen LogP contribution in [0, 0.1) is 17.8 Å². The van der Waals surface area contributed by atoms with Crippen molar-refractivity contribution in [3.63, 3.8) is 0 Å². The second-order valence-electron chi connectivity index (χ2n) is 10.9. The number of hydrogen-bond donors (Lipinski definition) is 2. The molecule has 2 aromatic carbocycles. The van der Waals surface area contributed by atoms with Gasteiger partial charge in [-0.2, -0.15) is 0 Å². The number of hydrogen-bond acceptors (Lipinski definition) is 3. The topological polar surface area (TPSA) is 83.8 Å². The zero-order chi connectivity index (χ0) is 26.0. The van der Waals surface area contributed by atoms with Gasteiger partial charge in [0.25, 0.3) is 0 Å². The molecule has 0 aliphatic heterocycles. The number of benzene rings is 2. The van der Waals surface area contributed by atoms with Gasteiger partial charge in [-0.15, -0.1) is 0 Å². The summed E-state index contributed by atoms with van der Waals surface area (Å²) in [7, 11) is 0. The molecule has 0 spiro atoms. The molecular formula is C32H40O5. The fourth-order valence-corrected chi connectivity index (χ4v) is 6.25. The van der Waals surface area contributed by atoms with Crippen LogP contribution in [-0.2, 0) is 16.0 Å². The van der Waals surface area contributed by atoms with E-state index in [2.05, 4.69) is 18.2 Å². The van der Waals surface area contributed by atoms with Crippen LogP contribution in [0.5, 0.6) is 5.75 Å². The van der Waals surface area contributed by atoms with Crippen LogP contribution < -0.4 is 4.74 Å². The molecule has 0 radical (unpaired) electrons. The molecule has 2 bridgehead atoms. The van der Waals surface area contributed by atoms with Crippen molar-refractivity contribution >= 4 is 18.0 Å². The highest BCUT2D eigenvalue weighted by Crippen LogP contribution is 2.43. The first kappa shape index (κ1) is 27.0. The summed E-state index contributed by atoms with van der Waals surface area (Å²) in [6.45, 7) is 0.526. The van der Waals surface area contributed by atoms with E-state index in [-0.39, 0.29) is 6.42 Å². The summed E-state index contributed by atoms with van der Waals surface area (Å²) >= 11 is 0. The van der Waals surface area contributed by atoms with Gasteiger partial charge in [-0.1, -0.05) is 56.0 Å². The summed E-state index contributed by atoms with van der Waals surface area (Å²) in [5, 5.41) is 17.7. The van der Waals surface area contributed by atoms with E-state index in [1.165, 1.54) is 56.9 Å². The van der Waals surface area contributed by atoms with Crippen LogP contribution in [0.3, 0.4) is 0 Å². The summed E-state index contributed by atoms with van der Waals surface area (Å²) in [6.07, 6.45) is 16.2. The van der Waals surface area contributed by atoms with Crippen LogP contribution in [0.15, 0.2) is 48.5 Å². The predicted octanol–water partition coefficient (Wildman–Crippen LogP) is 7.62. The number of carbonyl (C=O) groups is 2. The molecule has 0 heterocycles. The molecule has 5 heteroatoms. The lowest BCUT2D eigenvalue weighted by molar-refractivity contribution is -0.137. The maximum absolute atomic E-state index is 10.8. The van der Waals surface area contributed by atoms with E-state index in [1.54, 1.807) is 6.08 Å². The van der Waals surface area contributed by atoms with E-state index < -0.39 is 11.9 Å². The Kier molecular flexibility index (Phi) is 9.81. The highest BCUT2D eigenvalue weighted by Gasteiger charge is 2.30. The van der Waals surface area contributed by atoms with Gasteiger partial charge in [-0.3, -0.25) is 4.79 Å². The SMILES string of the molecule is O=C(O)/C=C/c1ccc(-c2ccc(OCCCCC(=O)O)c(CCC3CC4CCCCC(C4)C3)c2)cc1. The summed E-state index contributed by atoms with van der Waals surface area (Å²) in [5.41, 5.74) is 4.29. The number of carboxylic acids is 2. The number of aliphatic carboxylic acids is 2. The van der Waals surface area contributed by atoms with Crippen LogP contribution in [0.1, 0.15) is 81.8 Å². The second-order valence-corrected chi connectivity index (χ2v) is 10.9. The first-order valence-electron chi connectivity index (χ1n) is 13.9. The van der Waals surface area contributed by atoms with Gasteiger partial charge in [-0.25, -0.2) is 4.79 Å². The molecule has 2 saturated carbocycles. The van der Waals surface area contributed by atoms with Crippen molar-refractivity contribution in [2.45, 2.75) is 77.0 Å². The molecule has 0 saturated heterocycles. The Hall–Kier alpha value is -3.08. The van der Waals surface area contributed by atoms with Crippen LogP contribution in [-0.4, -0.2) is 28.8 Å². The highest BCUT2D eigenvalue weighted by atomic mass is 16.5. The van der Waals surface area contributed by atoms with Crippen molar-refractivity contribution < 1.29 is 24.5 Å². The van der Waals surface area contributed by atoms with E-state index in [0.29, 0.717) is 13.0 Å². The van der Waals surface area contributed by atoms with Crippen molar-refractivity contribution in [1.82, 2.24) is 0 Å². The third-order valence-corrected chi connectivity index (χ3v) is 8.06. The van der Waals surface area contributed by atoms with Gasteiger partial charge in [0.1, 0.15) is 5.75 Å². The molecule has 5 nitrogen and oxygen atoms in total. The van der Waals surface area contributed by atoms with E-state index in [1.807, 2.05) is 24.3 Å². The lowest BCUT2D eigenvalue weighted by atomic mass is 9.73. The van der Waals surface area contributed by atoms with Gasteiger partial charge < -0.3 is 14.9 Å². The molecule has 37 heavy (non-hydrogen) atoms. The quantitative estimate of drug-likeness (QED) is 0.229. The van der Waals surface area contributed by atoms with Crippen molar-refractivity contribution in [3.05, 3.63) is 59.7 Å². The Labute approximate surface area is 220 Å². The molecule has 2 aliphatic rings. The van der Waals surface area contributed by atoms with Crippen LogP contribution in [0.2, 0.25) is 0 Å². The Morgan fingerprint density at radius 3 is 2.27 bits per heavy atom. The van der Waals surface area contributed by atoms with Crippen LogP contribution >= 0.6 is 0 Å².